The molecule has 5 N–H and O–H groups in total. The molecule has 18 heavy (non-hydrogen) atoms. The number of nitrogens with one attached hydrogen (secondary N) is 3. The van der Waals surface area contributed by atoms with Crippen molar-refractivity contribution in [1.29, 1.82) is 0 Å². The van der Waals surface area contributed by atoms with Crippen LogP contribution in [-0.2, 0) is 10.0 Å². The summed E-state index contributed by atoms with van der Waals surface area (Å²) in [6.45, 7) is 2.25. The van der Waals surface area contributed by atoms with Crippen LogP contribution in [0, 0.1) is 0 Å². The molecule has 102 valence electrons. The summed E-state index contributed by atoms with van der Waals surface area (Å²) in [4.78, 5) is 7.74. The number of rotatable bonds is 7. The number of hydrogen-bond donors (Lipinski definition) is 4. The summed E-state index contributed by atoms with van der Waals surface area (Å²) in [5.41, 5.74) is 2.27. The van der Waals surface area contributed by atoms with Crippen LogP contribution >= 0.6 is 11.6 Å². The number of nitrogens with zero attached hydrogens (tertiary/aromatic N) is 2. The Kier molecular flexibility index (Phi) is 5.54. The van der Waals surface area contributed by atoms with E-state index in [2.05, 4.69) is 25.4 Å². The van der Waals surface area contributed by atoms with Crippen LogP contribution < -0.4 is 21.3 Å². The molecule has 8 nitrogen and oxygen atoms in total. The Hall–Kier alpha value is -1.16. The summed E-state index contributed by atoms with van der Waals surface area (Å²) in [6.07, 6.45) is 1.37. The van der Waals surface area contributed by atoms with Crippen molar-refractivity contribution < 1.29 is 8.42 Å². The lowest BCUT2D eigenvalue weighted by Crippen LogP contribution is -2.29. The van der Waals surface area contributed by atoms with E-state index in [4.69, 9.17) is 17.4 Å². The largest absolute Gasteiger partial charge is 0.368 e. The van der Waals surface area contributed by atoms with Crippen LogP contribution in [0.25, 0.3) is 0 Å². The van der Waals surface area contributed by atoms with E-state index in [1.807, 2.05) is 0 Å². The third kappa shape index (κ3) is 4.61. The molecule has 0 saturated heterocycles. The fourth-order valence-corrected chi connectivity index (χ4v) is 2.27. The van der Waals surface area contributed by atoms with Gasteiger partial charge in [-0.1, -0.05) is 18.5 Å². The zero-order valence-electron chi connectivity index (χ0n) is 9.77. The van der Waals surface area contributed by atoms with E-state index < -0.39 is 10.0 Å². The lowest BCUT2D eigenvalue weighted by atomic mass is 10.5. The highest BCUT2D eigenvalue weighted by Crippen LogP contribution is 2.18. The molecule has 0 aliphatic rings. The van der Waals surface area contributed by atoms with Gasteiger partial charge in [-0.2, -0.15) is 4.98 Å². The van der Waals surface area contributed by atoms with Crippen LogP contribution in [0.2, 0.25) is 5.02 Å². The average Bonchev–Trinajstić information content (AvgIpc) is 2.31. The fraction of sp³-hybridized carbons (Fsp3) is 0.500. The number of hydrazine groups is 1. The molecule has 0 amide bonds. The summed E-state index contributed by atoms with van der Waals surface area (Å²) in [5.74, 6) is 5.59. The number of anilines is 2. The van der Waals surface area contributed by atoms with E-state index in [1.165, 1.54) is 6.20 Å². The highest BCUT2D eigenvalue weighted by Gasteiger charge is 2.09. The summed E-state index contributed by atoms with van der Waals surface area (Å²) in [6, 6.07) is 0. The SMILES string of the molecule is CCNS(=O)(=O)CCNc1nc(NN)ncc1Cl. The molecule has 1 heterocycles. The van der Waals surface area contributed by atoms with Crippen LogP contribution in [0.5, 0.6) is 0 Å². The van der Waals surface area contributed by atoms with Crippen molar-refractivity contribution >= 4 is 33.4 Å². The van der Waals surface area contributed by atoms with Crippen molar-refractivity contribution in [1.82, 2.24) is 14.7 Å². The number of aromatic nitrogens is 2. The Morgan fingerprint density at radius 1 is 1.50 bits per heavy atom. The second-order valence-electron chi connectivity index (χ2n) is 3.28. The molecule has 0 atom stereocenters. The first-order chi connectivity index (χ1) is 8.48. The Morgan fingerprint density at radius 2 is 2.22 bits per heavy atom. The minimum atomic E-state index is -3.27. The minimum Gasteiger partial charge on any atom is -0.368 e. The molecular formula is C8H15ClN6O2S. The molecule has 0 spiro atoms. The standard InChI is InChI=1S/C8H15ClN6O2S/c1-2-13-18(16,17)4-3-11-7-6(9)5-12-8(14-7)15-10/h5,13H,2-4,10H2,1H3,(H2,11,12,14,15). The quantitative estimate of drug-likeness (QED) is 0.404. The molecule has 0 bridgehead atoms. The molecule has 10 heteroatoms. The first-order valence-electron chi connectivity index (χ1n) is 5.19. The van der Waals surface area contributed by atoms with Crippen LogP contribution in [-0.4, -0.2) is 37.2 Å². The van der Waals surface area contributed by atoms with Crippen molar-refractivity contribution in [3.63, 3.8) is 0 Å². The number of nitrogens with two attached hydrogens (primary N) is 1. The lowest BCUT2D eigenvalue weighted by Gasteiger charge is -2.09. The molecule has 0 aliphatic carbocycles. The van der Waals surface area contributed by atoms with Gasteiger partial charge in [0.1, 0.15) is 5.02 Å². The van der Waals surface area contributed by atoms with Gasteiger partial charge in [-0.25, -0.2) is 24.0 Å². The lowest BCUT2D eigenvalue weighted by molar-refractivity contribution is 0.584. The van der Waals surface area contributed by atoms with E-state index in [0.717, 1.165) is 0 Å². The molecule has 0 unspecified atom stereocenters. The topological polar surface area (TPSA) is 122 Å². The van der Waals surface area contributed by atoms with E-state index in [1.54, 1.807) is 6.92 Å². The smallest absolute Gasteiger partial charge is 0.239 e. The second-order valence-corrected chi connectivity index (χ2v) is 5.61. The molecule has 0 aromatic carbocycles. The van der Waals surface area contributed by atoms with Crippen molar-refractivity contribution in [2.24, 2.45) is 5.84 Å². The normalized spacial score (nSPS) is 11.3. The highest BCUT2D eigenvalue weighted by atomic mass is 35.5. The Labute approximate surface area is 110 Å². The Morgan fingerprint density at radius 3 is 2.83 bits per heavy atom. The summed E-state index contributed by atoms with van der Waals surface area (Å²) >= 11 is 5.84. The van der Waals surface area contributed by atoms with Crippen molar-refractivity contribution in [2.75, 3.05) is 29.6 Å². The van der Waals surface area contributed by atoms with Crippen molar-refractivity contribution in [3.8, 4) is 0 Å². The van der Waals surface area contributed by atoms with Gasteiger partial charge in [0.15, 0.2) is 5.82 Å². The van der Waals surface area contributed by atoms with Gasteiger partial charge in [0, 0.05) is 13.1 Å². The summed E-state index contributed by atoms with van der Waals surface area (Å²) < 4.78 is 25.1. The maximum atomic E-state index is 11.4. The van der Waals surface area contributed by atoms with Gasteiger partial charge in [-0.15, -0.1) is 0 Å². The third-order valence-electron chi connectivity index (χ3n) is 1.90. The molecule has 0 saturated carbocycles. The maximum absolute atomic E-state index is 11.4. The molecule has 0 radical (unpaired) electrons. The van der Waals surface area contributed by atoms with Gasteiger partial charge < -0.3 is 5.32 Å². The second kappa shape index (κ2) is 6.69. The van der Waals surface area contributed by atoms with E-state index in [-0.39, 0.29) is 23.3 Å². The van der Waals surface area contributed by atoms with Crippen molar-refractivity contribution in [2.45, 2.75) is 6.92 Å². The van der Waals surface area contributed by atoms with Gasteiger partial charge in [-0.05, 0) is 0 Å². The first-order valence-corrected chi connectivity index (χ1v) is 7.22. The molecular weight excluding hydrogens is 280 g/mol. The molecule has 1 aromatic heterocycles. The predicted molar refractivity (Wildman–Crippen MR) is 70.8 cm³/mol. The predicted octanol–water partition coefficient (Wildman–Crippen LogP) is -0.233. The highest BCUT2D eigenvalue weighted by molar-refractivity contribution is 7.89. The monoisotopic (exact) mass is 294 g/mol. The zero-order valence-corrected chi connectivity index (χ0v) is 11.3. The van der Waals surface area contributed by atoms with Gasteiger partial charge in [0.25, 0.3) is 0 Å². The number of sulfonamides is 1. The Balaban J connectivity index is 2.58. The summed E-state index contributed by atoms with van der Waals surface area (Å²) in [7, 11) is -3.27. The van der Waals surface area contributed by atoms with Crippen LogP contribution in [0.4, 0.5) is 11.8 Å². The first kappa shape index (κ1) is 14.9. The Bertz CT molecular complexity index is 494. The average molecular weight is 295 g/mol. The molecule has 1 aromatic rings. The van der Waals surface area contributed by atoms with E-state index in [9.17, 15) is 8.42 Å². The van der Waals surface area contributed by atoms with E-state index in [0.29, 0.717) is 12.4 Å². The number of halogens is 1. The molecule has 1 rings (SSSR count). The summed E-state index contributed by atoms with van der Waals surface area (Å²) in [5, 5.41) is 3.09. The minimum absolute atomic E-state index is 0.0768. The van der Waals surface area contributed by atoms with E-state index >= 15 is 0 Å². The number of nitrogen functional groups attached to an aromatic ring is 1. The maximum Gasteiger partial charge on any atom is 0.239 e. The zero-order chi connectivity index (χ0) is 13.6. The van der Waals surface area contributed by atoms with Crippen LogP contribution in [0.3, 0.4) is 0 Å². The fourth-order valence-electron chi connectivity index (χ4n) is 1.16. The van der Waals surface area contributed by atoms with Gasteiger partial charge >= 0.3 is 0 Å². The number of hydrogen-bond acceptors (Lipinski definition) is 7. The van der Waals surface area contributed by atoms with Crippen molar-refractivity contribution in [3.05, 3.63) is 11.2 Å². The van der Waals surface area contributed by atoms with Crippen LogP contribution in [0.15, 0.2) is 6.20 Å². The molecule has 0 fully saturated rings. The van der Waals surface area contributed by atoms with Crippen LogP contribution in [0.1, 0.15) is 6.92 Å². The van der Waals surface area contributed by atoms with Gasteiger partial charge in [0.05, 0.1) is 11.9 Å². The van der Waals surface area contributed by atoms with Gasteiger partial charge in [0.2, 0.25) is 16.0 Å². The molecule has 0 aliphatic heterocycles. The third-order valence-corrected chi connectivity index (χ3v) is 3.65. The van der Waals surface area contributed by atoms with Gasteiger partial charge in [-0.3, -0.25) is 5.43 Å².